The molecule has 4 aliphatic rings. The fourth-order valence-corrected chi connectivity index (χ4v) is 7.41. The third kappa shape index (κ3) is 11.6. The molecule has 0 aliphatic carbocycles. The van der Waals surface area contributed by atoms with Crippen molar-refractivity contribution in [3.05, 3.63) is 76.8 Å². The molecule has 2 saturated heterocycles. The first-order valence-electron chi connectivity index (χ1n) is 20.2. The smallest absolute Gasteiger partial charge is 0.337 e. The number of hydrogen-bond acceptors (Lipinski definition) is 22. The van der Waals surface area contributed by atoms with E-state index >= 15 is 0 Å². The average molecular weight is 911 g/mol. The number of carbonyl (C=O) groups is 4. The van der Waals surface area contributed by atoms with E-state index in [2.05, 4.69) is 0 Å². The molecule has 0 saturated carbocycles. The van der Waals surface area contributed by atoms with Crippen molar-refractivity contribution in [2.75, 3.05) is 34.0 Å². The van der Waals surface area contributed by atoms with Crippen LogP contribution in [0.3, 0.4) is 0 Å². The number of esters is 4. The Morgan fingerprint density at radius 1 is 0.641 bits per heavy atom. The van der Waals surface area contributed by atoms with Crippen LogP contribution in [0.4, 0.5) is 0 Å². The van der Waals surface area contributed by atoms with Crippen LogP contribution in [-0.2, 0) is 73.0 Å². The fraction of sp³-hybridized carbons (Fsp3) is 0.571. The van der Waals surface area contributed by atoms with Gasteiger partial charge in [0.2, 0.25) is 12.6 Å². The summed E-state index contributed by atoms with van der Waals surface area (Å²) in [4.78, 5) is 52.1. The third-order valence-corrected chi connectivity index (χ3v) is 11.0. The molecule has 5 rings (SSSR count). The number of phenolic OH excluding ortho intramolecular Hbond substituents is 1. The molecular formula is C42H54O22. The zero-order valence-electron chi connectivity index (χ0n) is 35.2. The number of methoxy groups -OCH3 is 2. The van der Waals surface area contributed by atoms with Crippen LogP contribution in [0, 0.1) is 11.8 Å². The number of carbonyl (C=O) groups excluding carboxylic acids is 4. The summed E-state index contributed by atoms with van der Waals surface area (Å²) in [6.45, 7) is 1.61. The molecule has 8 N–H and O–H groups in total. The van der Waals surface area contributed by atoms with E-state index in [0.29, 0.717) is 6.42 Å². The molecule has 0 radical (unpaired) electrons. The maximum Gasteiger partial charge on any atom is 0.337 e. The number of aliphatic hydroxyl groups excluding tert-OH is 7. The van der Waals surface area contributed by atoms with Crippen molar-refractivity contribution in [2.24, 2.45) is 11.8 Å². The molecular weight excluding hydrogens is 856 g/mol. The maximum atomic E-state index is 13.4. The quantitative estimate of drug-likeness (QED) is 0.0526. The van der Waals surface area contributed by atoms with Crippen LogP contribution >= 0.6 is 0 Å². The van der Waals surface area contributed by atoms with Gasteiger partial charge in [-0.15, -0.1) is 0 Å². The predicted octanol–water partition coefficient (Wildman–Crippen LogP) is -1.61. The van der Waals surface area contributed by atoms with Crippen molar-refractivity contribution in [1.29, 1.82) is 0 Å². The van der Waals surface area contributed by atoms with Gasteiger partial charge in [-0.3, -0.25) is 9.59 Å². The molecule has 0 bridgehead atoms. The van der Waals surface area contributed by atoms with Crippen molar-refractivity contribution in [2.45, 2.75) is 107 Å². The van der Waals surface area contributed by atoms with E-state index in [9.17, 15) is 60.0 Å². The highest BCUT2D eigenvalue weighted by Crippen LogP contribution is 2.38. The van der Waals surface area contributed by atoms with Gasteiger partial charge in [0.15, 0.2) is 12.6 Å². The Morgan fingerprint density at radius 2 is 1.09 bits per heavy atom. The summed E-state index contributed by atoms with van der Waals surface area (Å²) in [5, 5.41) is 82.6. The second-order valence-corrected chi connectivity index (χ2v) is 15.0. The predicted molar refractivity (Wildman–Crippen MR) is 210 cm³/mol. The molecule has 22 nitrogen and oxygen atoms in total. The zero-order chi connectivity index (χ0) is 46.8. The van der Waals surface area contributed by atoms with Crippen LogP contribution < -0.4 is 0 Å². The number of allylic oxidation sites excluding steroid dienone is 2. The second kappa shape index (κ2) is 22.8. The number of phenols is 1. The van der Waals surface area contributed by atoms with Crippen LogP contribution in [-0.4, -0.2) is 173 Å². The second-order valence-electron chi connectivity index (χ2n) is 15.0. The lowest BCUT2D eigenvalue weighted by molar-refractivity contribution is -0.328. The van der Waals surface area contributed by atoms with Gasteiger partial charge in [-0.2, -0.15) is 0 Å². The molecule has 0 spiro atoms. The van der Waals surface area contributed by atoms with Gasteiger partial charge >= 0.3 is 23.9 Å². The Hall–Kier alpha value is -4.98. The highest BCUT2D eigenvalue weighted by atomic mass is 16.8. The van der Waals surface area contributed by atoms with Crippen LogP contribution in [0.1, 0.15) is 32.3 Å². The zero-order valence-corrected chi connectivity index (χ0v) is 35.2. The van der Waals surface area contributed by atoms with Gasteiger partial charge in [0, 0.05) is 29.4 Å². The van der Waals surface area contributed by atoms with Crippen molar-refractivity contribution in [3.63, 3.8) is 0 Å². The fourth-order valence-electron chi connectivity index (χ4n) is 7.41. The first-order valence-corrected chi connectivity index (χ1v) is 20.2. The van der Waals surface area contributed by atoms with Gasteiger partial charge in [-0.1, -0.05) is 24.3 Å². The first kappa shape index (κ1) is 50.0. The molecule has 14 unspecified atom stereocenters. The topological polar surface area (TPSA) is 322 Å². The van der Waals surface area contributed by atoms with Crippen LogP contribution in [0.2, 0.25) is 0 Å². The largest absolute Gasteiger partial charge is 0.508 e. The molecule has 64 heavy (non-hydrogen) atoms. The van der Waals surface area contributed by atoms with Crippen molar-refractivity contribution >= 4 is 23.9 Å². The highest BCUT2D eigenvalue weighted by Gasteiger charge is 2.49. The Balaban J connectivity index is 1.24. The summed E-state index contributed by atoms with van der Waals surface area (Å²) in [7, 11) is 2.23. The molecule has 2 fully saturated rings. The third-order valence-electron chi connectivity index (χ3n) is 11.0. The normalized spacial score (nSPS) is 34.1. The Bertz CT molecular complexity index is 1910. The minimum Gasteiger partial charge on any atom is -0.508 e. The van der Waals surface area contributed by atoms with E-state index in [1.54, 1.807) is 19.1 Å². The highest BCUT2D eigenvalue weighted by molar-refractivity contribution is 5.91. The lowest BCUT2D eigenvalue weighted by Crippen LogP contribution is -2.60. The van der Waals surface area contributed by atoms with Gasteiger partial charge in [0.25, 0.3) is 0 Å². The van der Waals surface area contributed by atoms with Gasteiger partial charge < -0.3 is 88.2 Å². The Morgan fingerprint density at radius 3 is 1.55 bits per heavy atom. The van der Waals surface area contributed by atoms with Crippen molar-refractivity contribution in [3.8, 4) is 5.75 Å². The summed E-state index contributed by atoms with van der Waals surface area (Å²) in [5.74, 6) is -5.46. The summed E-state index contributed by atoms with van der Waals surface area (Å²) in [6.07, 6.45) is -15.7. The molecule has 1 aromatic carbocycles. The number of rotatable bonds is 16. The lowest BCUT2D eigenvalue weighted by Gasteiger charge is -2.42. The summed E-state index contributed by atoms with van der Waals surface area (Å²) >= 11 is 0. The Labute approximate surface area is 366 Å². The molecule has 0 aromatic heterocycles. The number of hydrogen-bond donors (Lipinski definition) is 8. The molecule has 4 aliphatic heterocycles. The van der Waals surface area contributed by atoms with E-state index < -0.39 is 129 Å². The molecule has 354 valence electrons. The number of benzene rings is 1. The molecule has 14 atom stereocenters. The molecule has 1 aromatic rings. The maximum absolute atomic E-state index is 13.4. The van der Waals surface area contributed by atoms with Crippen molar-refractivity contribution < 1.29 is 107 Å². The monoisotopic (exact) mass is 910 g/mol. The molecule has 4 heterocycles. The van der Waals surface area contributed by atoms with E-state index in [0.717, 1.165) is 32.3 Å². The van der Waals surface area contributed by atoms with E-state index in [1.807, 2.05) is 0 Å². The van der Waals surface area contributed by atoms with Crippen LogP contribution in [0.15, 0.2) is 71.2 Å². The van der Waals surface area contributed by atoms with Crippen LogP contribution in [0.25, 0.3) is 0 Å². The van der Waals surface area contributed by atoms with E-state index in [-0.39, 0.29) is 41.1 Å². The summed E-state index contributed by atoms with van der Waals surface area (Å²) < 4.78 is 54.8. The molecule has 0 amide bonds. The Kier molecular flexibility index (Phi) is 17.8. The average Bonchev–Trinajstić information content (AvgIpc) is 3.29. The number of ether oxygens (including phenoxy) is 10. The van der Waals surface area contributed by atoms with Gasteiger partial charge in [0.1, 0.15) is 61.2 Å². The molecule has 22 heteroatoms. The standard InChI is InChI=1S/C42H54O22/c1-5-21-23(13-29(45)57-12-11-19-7-9-20(44)10-8-19)25(37(53)55-3)16-60-40(21)64-42-36(52)34(50)32(48)28(62-42)18-58-30(46)14-24-22(6-2)39(59-17-26(24)38(54)56-4)63-41-35(51)33(49)31(47)27(15-43)61-41/h5-10,16-17,23-24,27-28,31-36,39-44,47-52H,11-15,18H2,1-4H3. The number of aromatic hydroxyl groups is 1. The first-order chi connectivity index (χ1) is 30.6. The number of aliphatic hydroxyl groups is 7. The minimum absolute atomic E-state index is 0.0152. The van der Waals surface area contributed by atoms with Gasteiger partial charge in [-0.25, -0.2) is 9.59 Å². The summed E-state index contributed by atoms with van der Waals surface area (Å²) in [6, 6.07) is 6.33. The summed E-state index contributed by atoms with van der Waals surface area (Å²) in [5.41, 5.74) is 0.926. The van der Waals surface area contributed by atoms with Crippen LogP contribution in [0.5, 0.6) is 5.75 Å². The van der Waals surface area contributed by atoms with E-state index in [1.165, 1.54) is 31.2 Å². The van der Waals surface area contributed by atoms with Crippen molar-refractivity contribution in [1.82, 2.24) is 0 Å². The van der Waals surface area contributed by atoms with E-state index in [4.69, 9.17) is 47.4 Å². The lowest BCUT2D eigenvalue weighted by atomic mass is 9.86. The van der Waals surface area contributed by atoms with Gasteiger partial charge in [-0.05, 0) is 31.5 Å². The minimum atomic E-state index is -1.92. The van der Waals surface area contributed by atoms with Gasteiger partial charge in [0.05, 0.1) is 63.9 Å². The SMILES string of the molecule is CC=C1C(OC2OC(CO)C(O)C(O)C2O)OC=C(C(=O)OC)C1CC(=O)OCC1OC(OC2OC=C(C(=O)OC)C(CC(=O)OCCc3ccc(O)cc3)C2=CC)C(O)C(O)C1O.